The molecule has 0 heterocycles. The first-order valence-corrected chi connectivity index (χ1v) is 7.65. The summed E-state index contributed by atoms with van der Waals surface area (Å²) in [5, 5.41) is 8.53. The summed E-state index contributed by atoms with van der Waals surface area (Å²) in [5.41, 5.74) is 5.34. The van der Waals surface area contributed by atoms with E-state index in [1.54, 1.807) is 0 Å². The minimum absolute atomic E-state index is 0. The summed E-state index contributed by atoms with van der Waals surface area (Å²) in [6, 6.07) is -0.773. The summed E-state index contributed by atoms with van der Waals surface area (Å²) >= 11 is 0. The number of hydrogen-bond acceptors (Lipinski definition) is 3. The summed E-state index contributed by atoms with van der Waals surface area (Å²) in [6.07, 6.45) is 5.35. The number of nitrogens with two attached hydrogens (primary N) is 1. The maximum Gasteiger partial charge on any atom is 0.325 e. The van der Waals surface area contributed by atoms with Crippen LogP contribution in [0.4, 0.5) is 0 Å². The molecule has 0 fully saturated rings. The zero-order chi connectivity index (χ0) is 13.3. The zero-order valence-corrected chi connectivity index (χ0v) is 11.3. The van der Waals surface area contributed by atoms with Gasteiger partial charge in [0, 0.05) is 6.16 Å². The Labute approximate surface area is 107 Å². The van der Waals surface area contributed by atoms with Gasteiger partial charge in [0.25, 0.3) is 0 Å². The number of rotatable bonds is 10. The third-order valence-electron chi connectivity index (χ3n) is 2.53. The van der Waals surface area contributed by atoms with Crippen molar-refractivity contribution in [2.24, 2.45) is 5.73 Å². The van der Waals surface area contributed by atoms with Crippen molar-refractivity contribution in [1.29, 1.82) is 0 Å². The molecule has 7 N–H and O–H groups in total. The average Bonchev–Trinajstić information content (AvgIpc) is 2.19. The summed E-state index contributed by atoms with van der Waals surface area (Å²) < 4.78 is 10.5. The molecule has 0 radical (unpaired) electrons. The van der Waals surface area contributed by atoms with Crippen molar-refractivity contribution in [3.05, 3.63) is 0 Å². The highest BCUT2D eigenvalue weighted by atomic mass is 31.2. The SMILES string of the molecule is NC(CCCCCCCCP(=O)(O)O)C(=O)O.O. The molecule has 0 aromatic carbocycles. The fourth-order valence-corrected chi connectivity index (χ4v) is 2.15. The van der Waals surface area contributed by atoms with E-state index in [0.717, 1.165) is 32.1 Å². The molecule has 8 heteroatoms. The van der Waals surface area contributed by atoms with Crippen molar-refractivity contribution in [2.75, 3.05) is 6.16 Å². The normalized spacial score (nSPS) is 12.8. The van der Waals surface area contributed by atoms with Crippen LogP contribution in [0, 0.1) is 0 Å². The monoisotopic (exact) mass is 285 g/mol. The van der Waals surface area contributed by atoms with Gasteiger partial charge in [0.05, 0.1) is 0 Å². The molecule has 0 aliphatic rings. The first kappa shape index (κ1) is 19.9. The van der Waals surface area contributed by atoms with Crippen molar-refractivity contribution >= 4 is 13.6 Å². The molecule has 0 aromatic rings. The maximum atomic E-state index is 10.5. The summed E-state index contributed by atoms with van der Waals surface area (Å²) in [6.45, 7) is 0. The minimum Gasteiger partial charge on any atom is -0.480 e. The lowest BCUT2D eigenvalue weighted by atomic mass is 10.1. The standard InChI is InChI=1S/C10H22NO5P.H2O/c11-9(10(12)13)7-5-3-1-2-4-6-8-17(14,15)16;/h9H,1-8,11H2,(H,12,13)(H2,14,15,16);1H2. The molecule has 0 aliphatic carbocycles. The highest BCUT2D eigenvalue weighted by Crippen LogP contribution is 2.35. The zero-order valence-electron chi connectivity index (χ0n) is 10.4. The van der Waals surface area contributed by atoms with Gasteiger partial charge in [-0.2, -0.15) is 0 Å². The molecule has 0 amide bonds. The molecule has 110 valence electrons. The number of carboxylic acid groups (broad SMARTS) is 1. The van der Waals surface area contributed by atoms with E-state index in [1.165, 1.54) is 0 Å². The van der Waals surface area contributed by atoms with E-state index in [4.69, 9.17) is 20.6 Å². The van der Waals surface area contributed by atoms with Crippen LogP contribution in [0.2, 0.25) is 0 Å². The Kier molecular flexibility index (Phi) is 11.5. The van der Waals surface area contributed by atoms with E-state index < -0.39 is 19.6 Å². The van der Waals surface area contributed by atoms with Crippen molar-refractivity contribution < 1.29 is 29.7 Å². The van der Waals surface area contributed by atoms with E-state index in [9.17, 15) is 9.36 Å². The molecular formula is C10H24NO6P. The molecule has 0 rings (SSSR count). The highest BCUT2D eigenvalue weighted by molar-refractivity contribution is 7.51. The second-order valence-corrected chi connectivity index (χ2v) is 6.02. The Bertz CT molecular complexity index is 267. The molecule has 0 aliphatic heterocycles. The topological polar surface area (TPSA) is 152 Å². The quantitative estimate of drug-likeness (QED) is 0.338. The van der Waals surface area contributed by atoms with Crippen LogP contribution in [-0.4, -0.2) is 38.5 Å². The first-order valence-electron chi connectivity index (χ1n) is 5.86. The van der Waals surface area contributed by atoms with Crippen LogP contribution >= 0.6 is 7.60 Å². The molecule has 0 saturated carbocycles. The van der Waals surface area contributed by atoms with Gasteiger partial charge >= 0.3 is 13.6 Å². The molecule has 0 aromatic heterocycles. The van der Waals surface area contributed by atoms with Crippen LogP contribution in [0.3, 0.4) is 0 Å². The summed E-state index contributed by atoms with van der Waals surface area (Å²) in [7, 11) is -3.83. The van der Waals surface area contributed by atoms with Gasteiger partial charge in [-0.15, -0.1) is 0 Å². The van der Waals surface area contributed by atoms with Crippen LogP contribution < -0.4 is 5.73 Å². The van der Waals surface area contributed by atoms with Gasteiger partial charge < -0.3 is 26.1 Å². The van der Waals surface area contributed by atoms with E-state index in [-0.39, 0.29) is 11.6 Å². The third-order valence-corrected chi connectivity index (χ3v) is 3.43. The minimum atomic E-state index is -3.83. The summed E-state index contributed by atoms with van der Waals surface area (Å²) in [5.74, 6) is -0.966. The average molecular weight is 285 g/mol. The van der Waals surface area contributed by atoms with Crippen molar-refractivity contribution in [1.82, 2.24) is 0 Å². The number of aliphatic carboxylic acids is 1. The van der Waals surface area contributed by atoms with Crippen LogP contribution in [0.15, 0.2) is 0 Å². The predicted octanol–water partition coefficient (Wildman–Crippen LogP) is 0.482. The smallest absolute Gasteiger partial charge is 0.325 e. The Morgan fingerprint density at radius 1 is 1.06 bits per heavy atom. The lowest BCUT2D eigenvalue weighted by molar-refractivity contribution is -0.138. The van der Waals surface area contributed by atoms with Gasteiger partial charge in [0.1, 0.15) is 6.04 Å². The highest BCUT2D eigenvalue weighted by Gasteiger charge is 2.11. The summed E-state index contributed by atoms with van der Waals surface area (Å²) in [4.78, 5) is 27.6. The van der Waals surface area contributed by atoms with Crippen LogP contribution in [0.5, 0.6) is 0 Å². The van der Waals surface area contributed by atoms with Gasteiger partial charge in [-0.1, -0.05) is 32.1 Å². The van der Waals surface area contributed by atoms with Gasteiger partial charge in [0.15, 0.2) is 0 Å². The van der Waals surface area contributed by atoms with Gasteiger partial charge in [-0.25, -0.2) is 0 Å². The number of carboxylic acids is 1. The lowest BCUT2D eigenvalue weighted by Gasteiger charge is -2.06. The van der Waals surface area contributed by atoms with Crippen molar-refractivity contribution in [3.8, 4) is 0 Å². The number of carbonyl (C=O) groups is 1. The van der Waals surface area contributed by atoms with Crippen LogP contribution in [0.1, 0.15) is 44.9 Å². The van der Waals surface area contributed by atoms with Crippen molar-refractivity contribution in [3.63, 3.8) is 0 Å². The molecule has 0 spiro atoms. The predicted molar refractivity (Wildman–Crippen MR) is 68.5 cm³/mol. The second kappa shape index (κ2) is 10.5. The third kappa shape index (κ3) is 13.6. The second-order valence-electron chi connectivity index (χ2n) is 4.24. The Morgan fingerprint density at radius 3 is 1.94 bits per heavy atom. The molecular weight excluding hydrogens is 261 g/mol. The van der Waals surface area contributed by atoms with E-state index in [2.05, 4.69) is 0 Å². The van der Waals surface area contributed by atoms with Crippen LogP contribution in [-0.2, 0) is 9.36 Å². The van der Waals surface area contributed by atoms with Gasteiger partial charge in [-0.05, 0) is 12.8 Å². The number of unbranched alkanes of at least 4 members (excludes halogenated alkanes) is 5. The largest absolute Gasteiger partial charge is 0.480 e. The Morgan fingerprint density at radius 2 is 1.50 bits per heavy atom. The van der Waals surface area contributed by atoms with Crippen LogP contribution in [0.25, 0.3) is 0 Å². The molecule has 1 unspecified atom stereocenters. The molecule has 18 heavy (non-hydrogen) atoms. The number of hydrogen-bond donors (Lipinski definition) is 4. The van der Waals surface area contributed by atoms with Crippen molar-refractivity contribution in [2.45, 2.75) is 51.0 Å². The van der Waals surface area contributed by atoms with E-state index in [0.29, 0.717) is 12.8 Å². The van der Waals surface area contributed by atoms with Gasteiger partial charge in [-0.3, -0.25) is 9.36 Å². The maximum absolute atomic E-state index is 10.5. The first-order chi connectivity index (χ1) is 7.83. The fourth-order valence-electron chi connectivity index (χ4n) is 1.51. The van der Waals surface area contributed by atoms with E-state index in [1.807, 2.05) is 0 Å². The molecule has 1 atom stereocenters. The molecule has 0 bridgehead atoms. The Balaban J connectivity index is 0. The van der Waals surface area contributed by atoms with Gasteiger partial charge in [0.2, 0.25) is 0 Å². The molecule has 7 nitrogen and oxygen atoms in total. The van der Waals surface area contributed by atoms with E-state index >= 15 is 0 Å². The molecule has 0 saturated heterocycles. The fraction of sp³-hybridized carbons (Fsp3) is 0.900. The Hall–Kier alpha value is -0.460. The lowest BCUT2D eigenvalue weighted by Crippen LogP contribution is -2.29.